The molecule has 28 heavy (non-hydrogen) atoms. The van der Waals surface area contributed by atoms with Gasteiger partial charge in [-0.2, -0.15) is 0 Å². The highest BCUT2D eigenvalue weighted by molar-refractivity contribution is 5.88. The molecule has 0 atom stereocenters. The van der Waals surface area contributed by atoms with E-state index in [0.29, 0.717) is 17.9 Å². The van der Waals surface area contributed by atoms with E-state index in [4.69, 9.17) is 14.6 Å². The lowest BCUT2D eigenvalue weighted by Crippen LogP contribution is -2.23. The quantitative estimate of drug-likeness (QED) is 0.673. The number of nitrogens with zero attached hydrogens (tertiary/aromatic N) is 2. The average molecular weight is 382 g/mol. The maximum atomic E-state index is 12.1. The Kier molecular flexibility index (Phi) is 5.30. The van der Waals surface area contributed by atoms with Crippen molar-refractivity contribution >= 4 is 5.97 Å². The lowest BCUT2D eigenvalue weighted by Gasteiger charge is -2.12. The normalized spacial score (nSPS) is 10.5. The number of aromatic carboxylic acids is 1. The summed E-state index contributed by atoms with van der Waals surface area (Å²) in [6.45, 7) is 0.315. The molecule has 0 aliphatic carbocycles. The van der Waals surface area contributed by atoms with E-state index in [0.717, 1.165) is 15.9 Å². The van der Waals surface area contributed by atoms with E-state index in [9.17, 15) is 14.7 Å². The summed E-state index contributed by atoms with van der Waals surface area (Å²) in [5, 5.41) is 18.9. The van der Waals surface area contributed by atoms with Gasteiger partial charge >= 0.3 is 5.97 Å². The minimum absolute atomic E-state index is 0.107. The molecule has 8 heteroatoms. The molecular weight excluding hydrogens is 364 g/mol. The first-order chi connectivity index (χ1) is 13.4. The number of carbonyl (C=O) groups is 1. The predicted octanol–water partition coefficient (Wildman–Crippen LogP) is 2.44. The minimum atomic E-state index is -1.48. The maximum Gasteiger partial charge on any atom is 0.358 e. The molecule has 3 rings (SSSR count). The molecule has 0 radical (unpaired) electrons. The van der Waals surface area contributed by atoms with Crippen molar-refractivity contribution in [2.75, 3.05) is 7.11 Å². The van der Waals surface area contributed by atoms with Gasteiger partial charge in [0.1, 0.15) is 23.9 Å². The van der Waals surface area contributed by atoms with Crippen LogP contribution in [0.4, 0.5) is 0 Å². The van der Waals surface area contributed by atoms with Crippen molar-refractivity contribution in [3.63, 3.8) is 0 Å². The van der Waals surface area contributed by atoms with E-state index < -0.39 is 23.0 Å². The fraction of sp³-hybridized carbons (Fsp3) is 0.150. The first kappa shape index (κ1) is 19.0. The van der Waals surface area contributed by atoms with Crippen molar-refractivity contribution in [2.24, 2.45) is 7.05 Å². The van der Waals surface area contributed by atoms with E-state index in [1.807, 2.05) is 24.3 Å². The largest absolute Gasteiger partial charge is 0.501 e. The van der Waals surface area contributed by atoms with Crippen molar-refractivity contribution in [3.05, 3.63) is 70.1 Å². The van der Waals surface area contributed by atoms with Crippen molar-refractivity contribution in [1.29, 1.82) is 0 Å². The summed E-state index contributed by atoms with van der Waals surface area (Å²) in [6.07, 6.45) is 0. The van der Waals surface area contributed by atoms with Crippen LogP contribution in [0.25, 0.3) is 11.4 Å². The second-order valence-electron chi connectivity index (χ2n) is 5.97. The fourth-order valence-electron chi connectivity index (χ4n) is 2.61. The van der Waals surface area contributed by atoms with Gasteiger partial charge in [-0.15, -0.1) is 0 Å². The molecule has 8 nitrogen and oxygen atoms in total. The molecule has 0 aliphatic heterocycles. The summed E-state index contributed by atoms with van der Waals surface area (Å²) in [4.78, 5) is 27.3. The number of benzene rings is 2. The van der Waals surface area contributed by atoms with Crippen LogP contribution >= 0.6 is 0 Å². The van der Waals surface area contributed by atoms with Crippen LogP contribution < -0.4 is 15.0 Å². The Bertz CT molecular complexity index is 1070. The Labute approximate surface area is 160 Å². The predicted molar refractivity (Wildman–Crippen MR) is 101 cm³/mol. The van der Waals surface area contributed by atoms with Crippen LogP contribution in [0.3, 0.4) is 0 Å². The smallest absolute Gasteiger partial charge is 0.358 e. The minimum Gasteiger partial charge on any atom is -0.501 e. The zero-order chi connectivity index (χ0) is 20.3. The van der Waals surface area contributed by atoms with Crippen LogP contribution in [0.5, 0.6) is 17.2 Å². The molecule has 3 aromatic rings. The standard InChI is InChI=1S/C20H18N2O6/c1-22-18(21-16(20(25)26)17(23)19(22)24)13-4-3-5-15(10-13)28-11-12-6-8-14(27-2)9-7-12/h3-10,23H,11H2,1-2H3,(H,25,26). The van der Waals surface area contributed by atoms with Gasteiger partial charge in [0, 0.05) is 12.6 Å². The zero-order valence-corrected chi connectivity index (χ0v) is 15.2. The number of carboxylic acid groups (broad SMARTS) is 1. The Hall–Kier alpha value is -3.81. The number of hydrogen-bond acceptors (Lipinski definition) is 6. The molecule has 0 fully saturated rings. The third-order valence-corrected chi connectivity index (χ3v) is 4.13. The SMILES string of the molecule is COc1ccc(COc2cccc(-c3nc(C(=O)O)c(O)c(=O)n3C)c2)cc1. The van der Waals surface area contributed by atoms with Gasteiger partial charge in [0.15, 0.2) is 5.69 Å². The van der Waals surface area contributed by atoms with Gasteiger partial charge in [-0.3, -0.25) is 9.36 Å². The van der Waals surface area contributed by atoms with Crippen LogP contribution in [0.1, 0.15) is 16.1 Å². The van der Waals surface area contributed by atoms with E-state index in [-0.39, 0.29) is 5.82 Å². The van der Waals surface area contributed by atoms with Gasteiger partial charge < -0.3 is 19.7 Å². The summed E-state index contributed by atoms with van der Waals surface area (Å²) in [6, 6.07) is 14.2. The third kappa shape index (κ3) is 3.80. The Morgan fingerprint density at radius 1 is 1.14 bits per heavy atom. The zero-order valence-electron chi connectivity index (χ0n) is 15.2. The summed E-state index contributed by atoms with van der Waals surface area (Å²) in [5.74, 6) is -1.00. The molecule has 0 amide bonds. The van der Waals surface area contributed by atoms with E-state index >= 15 is 0 Å². The molecule has 1 aromatic heterocycles. The lowest BCUT2D eigenvalue weighted by atomic mass is 10.2. The molecule has 2 aromatic carbocycles. The second kappa shape index (κ2) is 7.83. The maximum absolute atomic E-state index is 12.1. The number of ether oxygens (including phenoxy) is 2. The molecule has 0 spiro atoms. The molecule has 2 N–H and O–H groups in total. The molecule has 0 aliphatic rings. The first-order valence-electron chi connectivity index (χ1n) is 8.30. The highest BCUT2D eigenvalue weighted by Crippen LogP contribution is 2.24. The van der Waals surface area contributed by atoms with Crippen molar-refractivity contribution in [2.45, 2.75) is 6.61 Å². The highest BCUT2D eigenvalue weighted by Gasteiger charge is 2.20. The Morgan fingerprint density at radius 3 is 2.50 bits per heavy atom. The summed E-state index contributed by atoms with van der Waals surface area (Å²) >= 11 is 0. The Balaban J connectivity index is 1.89. The monoisotopic (exact) mass is 382 g/mol. The molecule has 1 heterocycles. The van der Waals surface area contributed by atoms with Crippen LogP contribution in [0, 0.1) is 0 Å². The van der Waals surface area contributed by atoms with Crippen LogP contribution in [-0.2, 0) is 13.7 Å². The van der Waals surface area contributed by atoms with Crippen molar-refractivity contribution in [1.82, 2.24) is 9.55 Å². The molecule has 0 unspecified atom stereocenters. The van der Waals surface area contributed by atoms with Crippen molar-refractivity contribution in [3.8, 4) is 28.6 Å². The molecule has 0 saturated carbocycles. The van der Waals surface area contributed by atoms with Gasteiger partial charge in [0.25, 0.3) is 5.56 Å². The molecular formula is C20H18N2O6. The summed E-state index contributed by atoms with van der Waals surface area (Å²) < 4.78 is 12.0. The van der Waals surface area contributed by atoms with Crippen LogP contribution in [-0.4, -0.2) is 32.8 Å². The number of aromatic nitrogens is 2. The van der Waals surface area contributed by atoms with Gasteiger partial charge in [0.2, 0.25) is 5.75 Å². The Morgan fingerprint density at radius 2 is 1.86 bits per heavy atom. The van der Waals surface area contributed by atoms with E-state index in [2.05, 4.69) is 4.98 Å². The van der Waals surface area contributed by atoms with Gasteiger partial charge in [-0.25, -0.2) is 9.78 Å². The fourth-order valence-corrected chi connectivity index (χ4v) is 2.61. The number of hydrogen-bond donors (Lipinski definition) is 2. The van der Waals surface area contributed by atoms with Gasteiger partial charge in [-0.05, 0) is 29.8 Å². The average Bonchev–Trinajstić information content (AvgIpc) is 2.71. The van der Waals surface area contributed by atoms with Crippen LogP contribution in [0.15, 0.2) is 53.3 Å². The third-order valence-electron chi connectivity index (χ3n) is 4.13. The molecule has 0 bridgehead atoms. The molecule has 144 valence electrons. The number of rotatable bonds is 6. The second-order valence-corrected chi connectivity index (χ2v) is 5.97. The summed E-state index contributed by atoms with van der Waals surface area (Å²) in [5.41, 5.74) is -0.113. The van der Waals surface area contributed by atoms with Crippen molar-refractivity contribution < 1.29 is 24.5 Å². The number of aromatic hydroxyl groups is 1. The summed E-state index contributed by atoms with van der Waals surface area (Å²) in [7, 11) is 3.00. The van der Waals surface area contributed by atoms with Gasteiger partial charge in [-0.1, -0.05) is 24.3 Å². The molecule has 0 saturated heterocycles. The lowest BCUT2D eigenvalue weighted by molar-refractivity contribution is 0.0686. The van der Waals surface area contributed by atoms with Gasteiger partial charge in [0.05, 0.1) is 7.11 Å². The van der Waals surface area contributed by atoms with Crippen LogP contribution in [0.2, 0.25) is 0 Å². The van der Waals surface area contributed by atoms with E-state index in [1.165, 1.54) is 7.05 Å². The number of methoxy groups -OCH3 is 1. The topological polar surface area (TPSA) is 111 Å². The van der Waals surface area contributed by atoms with E-state index in [1.54, 1.807) is 31.4 Å². The first-order valence-corrected chi connectivity index (χ1v) is 8.30. The number of carboxylic acids is 1. The highest BCUT2D eigenvalue weighted by atomic mass is 16.5.